The summed E-state index contributed by atoms with van der Waals surface area (Å²) in [6.45, 7) is 1.85. The zero-order valence-electron chi connectivity index (χ0n) is 10.9. The molecule has 0 amide bonds. The van der Waals surface area contributed by atoms with Crippen molar-refractivity contribution < 1.29 is 18.3 Å². The average molecular weight is 283 g/mol. The molecule has 0 aliphatic carbocycles. The van der Waals surface area contributed by atoms with E-state index in [0.29, 0.717) is 11.5 Å². The summed E-state index contributed by atoms with van der Waals surface area (Å²) in [5.41, 5.74) is 0.887. The number of aliphatic hydroxyl groups excluding tert-OH is 1. The molecule has 0 saturated carbocycles. The number of alkyl halides is 3. The second-order valence-electron chi connectivity index (χ2n) is 5.46. The van der Waals surface area contributed by atoms with Crippen molar-refractivity contribution in [2.45, 2.75) is 25.1 Å². The highest BCUT2D eigenvalue weighted by Gasteiger charge is 2.36. The standard InChI is InChI=1S/C15H16F3NO/c16-15(17,18)12-3-1-10(2-4-12)9-13-14(20)11-5-7-19(13)8-6-11/h1-4,9,11,14,20H,5-8H2/b13-9-/t14-/m1/s1. The van der Waals surface area contributed by atoms with Gasteiger partial charge in [-0.3, -0.25) is 0 Å². The molecule has 0 spiro atoms. The number of benzene rings is 1. The van der Waals surface area contributed by atoms with Crippen molar-refractivity contribution in [2.75, 3.05) is 13.1 Å². The van der Waals surface area contributed by atoms with Gasteiger partial charge in [-0.05, 0) is 42.5 Å². The van der Waals surface area contributed by atoms with Crippen molar-refractivity contribution in [1.82, 2.24) is 4.90 Å². The Kier molecular flexibility index (Phi) is 3.24. The molecule has 3 fully saturated rings. The Labute approximate surface area is 115 Å². The molecule has 1 aromatic carbocycles. The van der Waals surface area contributed by atoms with Crippen LogP contribution in [0.2, 0.25) is 0 Å². The highest BCUT2D eigenvalue weighted by atomic mass is 19.4. The fourth-order valence-corrected chi connectivity index (χ4v) is 3.02. The fourth-order valence-electron chi connectivity index (χ4n) is 3.02. The fraction of sp³-hybridized carbons (Fsp3) is 0.467. The van der Waals surface area contributed by atoms with Crippen LogP contribution in [0.4, 0.5) is 13.2 Å². The van der Waals surface area contributed by atoms with E-state index < -0.39 is 17.8 Å². The maximum Gasteiger partial charge on any atom is 0.416 e. The maximum absolute atomic E-state index is 12.5. The Bertz CT molecular complexity index is 509. The second kappa shape index (κ2) is 4.81. The zero-order valence-corrected chi connectivity index (χ0v) is 10.9. The Hall–Kier alpha value is -1.49. The van der Waals surface area contributed by atoms with Crippen LogP contribution < -0.4 is 0 Å². The van der Waals surface area contributed by atoms with Crippen molar-refractivity contribution in [3.05, 3.63) is 41.1 Å². The number of fused-ring (bicyclic) bond motifs is 3. The van der Waals surface area contributed by atoms with Crippen LogP contribution in [0.15, 0.2) is 30.0 Å². The second-order valence-corrected chi connectivity index (χ2v) is 5.46. The minimum Gasteiger partial charge on any atom is -0.387 e. The average Bonchev–Trinajstić information content (AvgIpc) is 2.43. The van der Waals surface area contributed by atoms with Gasteiger partial charge in [-0.1, -0.05) is 12.1 Å². The number of halogens is 3. The lowest BCUT2D eigenvalue weighted by molar-refractivity contribution is -0.137. The SMILES string of the molecule is O[C@H]1/C(=C/c2ccc(C(F)(F)F)cc2)N2CCC1CC2. The van der Waals surface area contributed by atoms with Crippen molar-refractivity contribution in [2.24, 2.45) is 5.92 Å². The summed E-state index contributed by atoms with van der Waals surface area (Å²) >= 11 is 0. The minimum atomic E-state index is -4.31. The largest absolute Gasteiger partial charge is 0.416 e. The third-order valence-corrected chi connectivity index (χ3v) is 4.21. The van der Waals surface area contributed by atoms with E-state index in [1.165, 1.54) is 12.1 Å². The van der Waals surface area contributed by atoms with Crippen LogP contribution in [0.25, 0.3) is 6.08 Å². The molecule has 1 atom stereocenters. The molecule has 3 heterocycles. The van der Waals surface area contributed by atoms with Gasteiger partial charge in [0.2, 0.25) is 0 Å². The molecule has 20 heavy (non-hydrogen) atoms. The number of rotatable bonds is 1. The van der Waals surface area contributed by atoms with Gasteiger partial charge >= 0.3 is 6.18 Å². The van der Waals surface area contributed by atoms with Crippen LogP contribution in [0.1, 0.15) is 24.0 Å². The molecule has 0 radical (unpaired) electrons. The molecule has 108 valence electrons. The lowest BCUT2D eigenvalue weighted by Gasteiger charge is -2.45. The number of hydrogen-bond acceptors (Lipinski definition) is 2. The van der Waals surface area contributed by atoms with Gasteiger partial charge in [0.05, 0.1) is 11.7 Å². The first-order valence-electron chi connectivity index (χ1n) is 6.77. The lowest BCUT2D eigenvalue weighted by Crippen LogP contribution is -2.48. The molecule has 4 rings (SSSR count). The predicted molar refractivity (Wildman–Crippen MR) is 69.7 cm³/mol. The first-order chi connectivity index (χ1) is 9.45. The van der Waals surface area contributed by atoms with Crippen LogP contribution in [0, 0.1) is 5.92 Å². The third kappa shape index (κ3) is 2.42. The predicted octanol–water partition coefficient (Wildman–Crippen LogP) is 3.13. The first kappa shape index (κ1) is 13.5. The van der Waals surface area contributed by atoms with E-state index in [2.05, 4.69) is 4.90 Å². The monoisotopic (exact) mass is 283 g/mol. The van der Waals surface area contributed by atoms with E-state index in [4.69, 9.17) is 0 Å². The van der Waals surface area contributed by atoms with E-state index in [1.807, 2.05) is 0 Å². The summed E-state index contributed by atoms with van der Waals surface area (Å²) in [4.78, 5) is 2.13. The van der Waals surface area contributed by atoms with E-state index in [1.54, 1.807) is 6.08 Å². The quantitative estimate of drug-likeness (QED) is 0.856. The lowest BCUT2D eigenvalue weighted by atomic mass is 9.83. The van der Waals surface area contributed by atoms with Crippen molar-refractivity contribution in [3.8, 4) is 0 Å². The molecular weight excluding hydrogens is 267 g/mol. The minimum absolute atomic E-state index is 0.292. The number of hydrogen-bond donors (Lipinski definition) is 1. The van der Waals surface area contributed by atoms with Gasteiger partial charge < -0.3 is 10.0 Å². The maximum atomic E-state index is 12.5. The van der Waals surface area contributed by atoms with Crippen LogP contribution in [-0.4, -0.2) is 29.2 Å². The Balaban J connectivity index is 1.85. The zero-order chi connectivity index (χ0) is 14.3. The summed E-state index contributed by atoms with van der Waals surface area (Å²) in [5, 5.41) is 10.2. The van der Waals surface area contributed by atoms with Gasteiger partial charge in [0.25, 0.3) is 0 Å². The van der Waals surface area contributed by atoms with E-state index >= 15 is 0 Å². The van der Waals surface area contributed by atoms with Gasteiger partial charge in [0.1, 0.15) is 0 Å². The highest BCUT2D eigenvalue weighted by Crippen LogP contribution is 2.36. The smallest absolute Gasteiger partial charge is 0.387 e. The molecule has 3 aliphatic heterocycles. The van der Waals surface area contributed by atoms with E-state index in [0.717, 1.165) is 43.8 Å². The summed E-state index contributed by atoms with van der Waals surface area (Å²) in [6.07, 6.45) is -1.01. The summed E-state index contributed by atoms with van der Waals surface area (Å²) in [5.74, 6) is 0.292. The molecule has 0 aromatic heterocycles. The Morgan fingerprint density at radius 2 is 1.70 bits per heavy atom. The number of aliphatic hydroxyl groups is 1. The molecule has 1 N–H and O–H groups in total. The third-order valence-electron chi connectivity index (χ3n) is 4.21. The molecule has 2 nitrogen and oxygen atoms in total. The first-order valence-corrected chi connectivity index (χ1v) is 6.77. The summed E-state index contributed by atoms with van der Waals surface area (Å²) < 4.78 is 37.5. The molecule has 1 aromatic rings. The van der Waals surface area contributed by atoms with Gasteiger partial charge in [-0.15, -0.1) is 0 Å². The van der Waals surface area contributed by atoms with Crippen LogP contribution in [0.3, 0.4) is 0 Å². The van der Waals surface area contributed by atoms with Gasteiger partial charge in [-0.25, -0.2) is 0 Å². The van der Waals surface area contributed by atoms with Crippen LogP contribution in [-0.2, 0) is 6.18 Å². The molecule has 3 saturated heterocycles. The number of piperidine rings is 3. The molecular formula is C15H16F3NO. The van der Waals surface area contributed by atoms with Crippen LogP contribution >= 0.6 is 0 Å². The van der Waals surface area contributed by atoms with Crippen molar-refractivity contribution >= 4 is 6.08 Å². The van der Waals surface area contributed by atoms with Crippen molar-refractivity contribution in [3.63, 3.8) is 0 Å². The van der Waals surface area contributed by atoms with Gasteiger partial charge in [-0.2, -0.15) is 13.2 Å². The van der Waals surface area contributed by atoms with Crippen LogP contribution in [0.5, 0.6) is 0 Å². The highest BCUT2D eigenvalue weighted by molar-refractivity contribution is 5.54. The Morgan fingerprint density at radius 1 is 1.10 bits per heavy atom. The molecule has 3 aliphatic rings. The van der Waals surface area contributed by atoms with E-state index in [-0.39, 0.29) is 0 Å². The molecule has 5 heteroatoms. The van der Waals surface area contributed by atoms with Gasteiger partial charge in [0, 0.05) is 18.8 Å². The number of nitrogens with zero attached hydrogens (tertiary/aromatic N) is 1. The summed E-state index contributed by atoms with van der Waals surface area (Å²) in [7, 11) is 0. The molecule has 0 unspecified atom stereocenters. The summed E-state index contributed by atoms with van der Waals surface area (Å²) in [6, 6.07) is 5.06. The molecule has 2 bridgehead atoms. The topological polar surface area (TPSA) is 23.5 Å². The van der Waals surface area contributed by atoms with Crippen molar-refractivity contribution in [1.29, 1.82) is 0 Å². The normalized spacial score (nSPS) is 28.2. The van der Waals surface area contributed by atoms with Gasteiger partial charge in [0.15, 0.2) is 0 Å². The van der Waals surface area contributed by atoms with E-state index in [9.17, 15) is 18.3 Å². The Morgan fingerprint density at radius 3 is 2.20 bits per heavy atom.